The van der Waals surface area contributed by atoms with Crippen molar-refractivity contribution in [3.05, 3.63) is 0 Å². The summed E-state index contributed by atoms with van der Waals surface area (Å²) in [4.78, 5) is 10.7. The highest BCUT2D eigenvalue weighted by Gasteiger charge is 2.39. The Bertz CT molecular complexity index is 157. The predicted octanol–water partition coefficient (Wildman–Crippen LogP) is -1.25. The summed E-state index contributed by atoms with van der Waals surface area (Å²) in [5.74, 6) is -0.647. The van der Waals surface area contributed by atoms with Gasteiger partial charge < -0.3 is 9.84 Å². The molecule has 1 atom stereocenters. The highest BCUT2D eigenvalue weighted by atomic mass is 16.6. The smallest absolute Gasteiger partial charge is 0.295 e. The van der Waals surface area contributed by atoms with E-state index in [-0.39, 0.29) is 13.0 Å². The summed E-state index contributed by atoms with van der Waals surface area (Å²) in [6.07, 6.45) is -0.343. The molecule has 0 aromatic carbocycles. The summed E-state index contributed by atoms with van der Waals surface area (Å²) >= 11 is 0. The minimum atomic E-state index is -1.40. The molecule has 0 aromatic rings. The topological polar surface area (TPSA) is 46.5 Å². The standard InChI is InChI=1S/C5H6B2O3/c6-5(7)1-3(2-8)10-4(5)9/h3,8H,1-2H2. The van der Waals surface area contributed by atoms with Gasteiger partial charge in [0, 0.05) is 0 Å². The van der Waals surface area contributed by atoms with Gasteiger partial charge in [-0.1, -0.05) is 0 Å². The van der Waals surface area contributed by atoms with E-state index in [1.54, 1.807) is 0 Å². The molecule has 1 aliphatic heterocycles. The summed E-state index contributed by atoms with van der Waals surface area (Å²) in [6, 6.07) is 0. The number of aliphatic hydroxyl groups is 1. The van der Waals surface area contributed by atoms with Gasteiger partial charge in [0.1, 0.15) is 6.10 Å². The number of carbonyl (C=O) groups excluding carboxylic acids is 1. The molecule has 3 nitrogen and oxygen atoms in total. The first-order valence-corrected chi connectivity index (χ1v) is 2.96. The molecule has 0 saturated carbocycles. The van der Waals surface area contributed by atoms with Gasteiger partial charge in [-0.05, 0) is 11.6 Å². The predicted molar refractivity (Wildman–Crippen MR) is 35.8 cm³/mol. The van der Waals surface area contributed by atoms with Crippen LogP contribution in [0.1, 0.15) is 6.42 Å². The first-order chi connectivity index (χ1) is 4.56. The minimum absolute atomic E-state index is 0.183. The second-order valence-electron chi connectivity index (χ2n) is 2.45. The van der Waals surface area contributed by atoms with E-state index in [1.165, 1.54) is 0 Å². The molecular formula is C5H6B2O3. The Kier molecular flexibility index (Phi) is 1.77. The molecule has 1 aliphatic rings. The molecule has 1 unspecified atom stereocenters. The second kappa shape index (κ2) is 2.31. The average molecular weight is 136 g/mol. The zero-order chi connectivity index (χ0) is 7.78. The number of aliphatic hydroxyl groups excluding tert-OH is 1. The summed E-state index contributed by atoms with van der Waals surface area (Å²) in [5, 5.41) is 7.13. The number of hydrogen-bond donors (Lipinski definition) is 1. The van der Waals surface area contributed by atoms with Crippen molar-refractivity contribution in [2.75, 3.05) is 6.61 Å². The van der Waals surface area contributed by atoms with E-state index in [2.05, 4.69) is 4.74 Å². The van der Waals surface area contributed by atoms with Crippen LogP contribution in [0.5, 0.6) is 0 Å². The highest BCUT2D eigenvalue weighted by Crippen LogP contribution is 2.33. The molecule has 1 heterocycles. The molecule has 5 heteroatoms. The van der Waals surface area contributed by atoms with Crippen molar-refractivity contribution < 1.29 is 14.6 Å². The number of cyclic esters (lactones) is 1. The Morgan fingerprint density at radius 1 is 1.80 bits per heavy atom. The van der Waals surface area contributed by atoms with Gasteiger partial charge in [0.15, 0.2) is 0 Å². The van der Waals surface area contributed by atoms with E-state index in [4.69, 9.17) is 20.8 Å². The largest absolute Gasteiger partial charge is 0.461 e. The van der Waals surface area contributed by atoms with Crippen LogP contribution in [-0.4, -0.2) is 39.5 Å². The van der Waals surface area contributed by atoms with Crippen LogP contribution in [0.4, 0.5) is 0 Å². The maximum absolute atomic E-state index is 10.7. The van der Waals surface area contributed by atoms with Crippen molar-refractivity contribution in [3.63, 3.8) is 0 Å². The molecule has 1 fully saturated rings. The monoisotopic (exact) mass is 136 g/mol. The zero-order valence-electron chi connectivity index (χ0n) is 5.41. The summed E-state index contributed by atoms with van der Waals surface area (Å²) in [5.41, 5.74) is 0. The Morgan fingerprint density at radius 3 is 2.60 bits per heavy atom. The van der Waals surface area contributed by atoms with Gasteiger partial charge in [0.2, 0.25) is 0 Å². The van der Waals surface area contributed by atoms with Crippen LogP contribution in [0.3, 0.4) is 0 Å². The lowest BCUT2D eigenvalue weighted by Crippen LogP contribution is -2.18. The van der Waals surface area contributed by atoms with Crippen LogP contribution in [-0.2, 0) is 9.53 Å². The molecule has 50 valence electrons. The number of carbonyl (C=O) groups is 1. The van der Waals surface area contributed by atoms with Crippen LogP contribution in [0.2, 0.25) is 5.21 Å². The van der Waals surface area contributed by atoms with Crippen molar-refractivity contribution in [1.82, 2.24) is 0 Å². The fourth-order valence-corrected chi connectivity index (χ4v) is 0.865. The lowest BCUT2D eigenvalue weighted by atomic mass is 9.53. The fourth-order valence-electron chi connectivity index (χ4n) is 0.865. The van der Waals surface area contributed by atoms with E-state index in [1.807, 2.05) is 0 Å². The van der Waals surface area contributed by atoms with Crippen LogP contribution >= 0.6 is 0 Å². The lowest BCUT2D eigenvalue weighted by Gasteiger charge is -2.09. The number of rotatable bonds is 1. The molecule has 1 rings (SSSR count). The minimum Gasteiger partial charge on any atom is -0.461 e. The molecule has 0 spiro atoms. The summed E-state index contributed by atoms with van der Waals surface area (Å²) in [6.45, 7) is -0.220. The molecular weight excluding hydrogens is 130 g/mol. The molecule has 0 aromatic heterocycles. The first-order valence-electron chi connectivity index (χ1n) is 2.96. The Morgan fingerprint density at radius 2 is 2.40 bits per heavy atom. The average Bonchev–Trinajstić information content (AvgIpc) is 2.08. The van der Waals surface area contributed by atoms with Gasteiger partial charge in [-0.3, -0.25) is 4.79 Å². The van der Waals surface area contributed by atoms with Gasteiger partial charge >= 0.3 is 0 Å². The van der Waals surface area contributed by atoms with E-state index in [0.717, 1.165) is 0 Å². The quantitative estimate of drug-likeness (QED) is 0.361. The SMILES string of the molecule is [B]C1([B])CC(CO)OC1=O. The number of esters is 1. The third-order valence-electron chi connectivity index (χ3n) is 1.42. The molecule has 0 aliphatic carbocycles. The Hall–Kier alpha value is -0.440. The van der Waals surface area contributed by atoms with E-state index in [0.29, 0.717) is 0 Å². The zero-order valence-corrected chi connectivity index (χ0v) is 5.41. The van der Waals surface area contributed by atoms with Crippen molar-refractivity contribution in [3.8, 4) is 0 Å². The van der Waals surface area contributed by atoms with Crippen LogP contribution in [0, 0.1) is 0 Å². The van der Waals surface area contributed by atoms with E-state index < -0.39 is 17.3 Å². The third kappa shape index (κ3) is 1.19. The van der Waals surface area contributed by atoms with Gasteiger partial charge in [0.25, 0.3) is 5.97 Å². The third-order valence-corrected chi connectivity index (χ3v) is 1.42. The Balaban J connectivity index is 2.62. The lowest BCUT2D eigenvalue weighted by molar-refractivity contribution is -0.143. The van der Waals surface area contributed by atoms with Crippen LogP contribution < -0.4 is 0 Å². The molecule has 4 radical (unpaired) electrons. The highest BCUT2D eigenvalue weighted by molar-refractivity contribution is 6.50. The van der Waals surface area contributed by atoms with E-state index >= 15 is 0 Å². The molecule has 10 heavy (non-hydrogen) atoms. The van der Waals surface area contributed by atoms with Crippen molar-refractivity contribution in [1.29, 1.82) is 0 Å². The number of hydrogen-bond acceptors (Lipinski definition) is 3. The Labute approximate surface area is 61.6 Å². The van der Waals surface area contributed by atoms with Gasteiger partial charge in [-0.2, -0.15) is 0 Å². The molecule has 0 amide bonds. The summed E-state index contributed by atoms with van der Waals surface area (Å²) < 4.78 is 4.59. The maximum Gasteiger partial charge on any atom is 0.295 e. The van der Waals surface area contributed by atoms with Gasteiger partial charge in [-0.15, -0.1) is 0 Å². The summed E-state index contributed by atoms with van der Waals surface area (Å²) in [7, 11) is 10.6. The fraction of sp³-hybridized carbons (Fsp3) is 0.800. The van der Waals surface area contributed by atoms with Crippen LogP contribution in [0.25, 0.3) is 0 Å². The van der Waals surface area contributed by atoms with E-state index in [9.17, 15) is 4.79 Å². The van der Waals surface area contributed by atoms with Gasteiger partial charge in [-0.25, -0.2) is 0 Å². The second-order valence-corrected chi connectivity index (χ2v) is 2.45. The van der Waals surface area contributed by atoms with Crippen molar-refractivity contribution in [2.24, 2.45) is 0 Å². The molecule has 1 N–H and O–H groups in total. The van der Waals surface area contributed by atoms with Gasteiger partial charge in [0.05, 0.1) is 22.3 Å². The first kappa shape index (κ1) is 7.66. The number of ether oxygens (including phenoxy) is 1. The normalized spacial score (nSPS) is 30.1. The van der Waals surface area contributed by atoms with Crippen molar-refractivity contribution in [2.45, 2.75) is 17.7 Å². The molecule has 0 bridgehead atoms. The maximum atomic E-state index is 10.7. The van der Waals surface area contributed by atoms with Crippen molar-refractivity contribution >= 4 is 21.7 Å². The molecule has 1 saturated heterocycles. The van der Waals surface area contributed by atoms with Crippen LogP contribution in [0.15, 0.2) is 0 Å².